The van der Waals surface area contributed by atoms with E-state index in [1.807, 2.05) is 17.8 Å². The van der Waals surface area contributed by atoms with Gasteiger partial charge >= 0.3 is 0 Å². The highest BCUT2D eigenvalue weighted by Crippen LogP contribution is 2.47. The molecule has 1 saturated carbocycles. The highest BCUT2D eigenvalue weighted by atomic mass is 35.5. The fourth-order valence-corrected chi connectivity index (χ4v) is 2.43. The van der Waals surface area contributed by atoms with Gasteiger partial charge in [-0.05, 0) is 25.2 Å². The average Bonchev–Trinajstić information content (AvgIpc) is 3.08. The summed E-state index contributed by atoms with van der Waals surface area (Å²) < 4.78 is 0.374. The number of hydrogen-bond donors (Lipinski definition) is 1. The van der Waals surface area contributed by atoms with E-state index in [1.54, 1.807) is 6.07 Å². The zero-order chi connectivity index (χ0) is 11.6. The lowest BCUT2D eigenvalue weighted by Crippen LogP contribution is -2.18. The van der Waals surface area contributed by atoms with Crippen molar-refractivity contribution in [2.75, 3.05) is 18.1 Å². The first-order valence-electron chi connectivity index (χ1n) is 5.04. The molecule has 84 valence electrons. The third kappa shape index (κ3) is 2.42. The Morgan fingerprint density at radius 2 is 2.44 bits per heavy atom. The lowest BCUT2D eigenvalue weighted by atomic mass is 10.3. The van der Waals surface area contributed by atoms with Crippen LogP contribution in [0.1, 0.15) is 18.4 Å². The van der Waals surface area contributed by atoms with Gasteiger partial charge in [0.1, 0.15) is 11.9 Å². The molecule has 0 amide bonds. The number of anilines is 1. The van der Waals surface area contributed by atoms with Crippen molar-refractivity contribution in [3.63, 3.8) is 0 Å². The van der Waals surface area contributed by atoms with Crippen LogP contribution >= 0.6 is 23.4 Å². The maximum absolute atomic E-state index is 8.69. The molecule has 1 heterocycles. The van der Waals surface area contributed by atoms with Crippen LogP contribution in [-0.2, 0) is 0 Å². The van der Waals surface area contributed by atoms with Crippen LogP contribution in [0, 0.1) is 11.3 Å². The number of nitrogens with zero attached hydrogens (tertiary/aromatic N) is 2. The van der Waals surface area contributed by atoms with E-state index in [2.05, 4.69) is 16.6 Å². The van der Waals surface area contributed by atoms with E-state index in [0.29, 0.717) is 21.2 Å². The van der Waals surface area contributed by atoms with Crippen LogP contribution < -0.4 is 5.32 Å². The first kappa shape index (κ1) is 11.6. The fourth-order valence-electron chi connectivity index (χ4n) is 1.47. The van der Waals surface area contributed by atoms with Crippen LogP contribution in [0.4, 0.5) is 5.82 Å². The zero-order valence-corrected chi connectivity index (χ0v) is 10.5. The normalized spacial score (nSPS) is 16.6. The van der Waals surface area contributed by atoms with Crippen molar-refractivity contribution in [3.05, 3.63) is 22.8 Å². The van der Waals surface area contributed by atoms with E-state index in [9.17, 15) is 0 Å². The van der Waals surface area contributed by atoms with Crippen LogP contribution in [0.25, 0.3) is 0 Å². The largest absolute Gasteiger partial charge is 0.367 e. The standard InChI is InChI=1S/C11H12ClN3S/c1-16-11(2-3-11)7-15-10-9(12)4-8(5-13)6-14-10/h4,6H,2-3,7H2,1H3,(H,14,15). The van der Waals surface area contributed by atoms with Crippen molar-refractivity contribution < 1.29 is 0 Å². The van der Waals surface area contributed by atoms with Gasteiger partial charge in [-0.1, -0.05) is 11.6 Å². The number of rotatable bonds is 4. The summed E-state index contributed by atoms with van der Waals surface area (Å²) in [6, 6.07) is 3.65. The van der Waals surface area contributed by atoms with Crippen molar-refractivity contribution in [1.29, 1.82) is 5.26 Å². The maximum Gasteiger partial charge on any atom is 0.144 e. The fraction of sp³-hybridized carbons (Fsp3) is 0.455. The van der Waals surface area contributed by atoms with Gasteiger partial charge in [-0.25, -0.2) is 4.98 Å². The van der Waals surface area contributed by atoms with E-state index in [-0.39, 0.29) is 0 Å². The van der Waals surface area contributed by atoms with Gasteiger partial charge in [0.25, 0.3) is 0 Å². The number of nitrogens with one attached hydrogen (secondary N) is 1. The minimum absolute atomic E-state index is 0.374. The number of pyridine rings is 1. The summed E-state index contributed by atoms with van der Waals surface area (Å²) in [6.45, 7) is 0.882. The first-order valence-corrected chi connectivity index (χ1v) is 6.64. The Bertz CT molecular complexity index is 437. The summed E-state index contributed by atoms with van der Waals surface area (Å²) in [4.78, 5) is 4.14. The molecule has 1 aliphatic carbocycles. The molecule has 2 rings (SSSR count). The second kappa shape index (κ2) is 4.52. The molecule has 1 N–H and O–H groups in total. The number of halogens is 1. The van der Waals surface area contributed by atoms with Gasteiger partial charge in [0.05, 0.1) is 10.6 Å². The van der Waals surface area contributed by atoms with Crippen molar-refractivity contribution in [2.24, 2.45) is 0 Å². The molecule has 1 aliphatic rings. The quantitative estimate of drug-likeness (QED) is 0.896. The lowest BCUT2D eigenvalue weighted by Gasteiger charge is -2.14. The summed E-state index contributed by atoms with van der Waals surface area (Å²) >= 11 is 7.90. The van der Waals surface area contributed by atoms with Crippen LogP contribution in [-0.4, -0.2) is 22.5 Å². The van der Waals surface area contributed by atoms with Gasteiger partial charge in [-0.2, -0.15) is 17.0 Å². The lowest BCUT2D eigenvalue weighted by molar-refractivity contribution is 0.940. The van der Waals surface area contributed by atoms with E-state index < -0.39 is 0 Å². The number of thioether (sulfide) groups is 1. The van der Waals surface area contributed by atoms with Gasteiger partial charge in [-0.15, -0.1) is 0 Å². The molecular weight excluding hydrogens is 242 g/mol. The summed E-state index contributed by atoms with van der Waals surface area (Å²) in [6.07, 6.45) is 6.15. The smallest absolute Gasteiger partial charge is 0.144 e. The van der Waals surface area contributed by atoms with Gasteiger partial charge in [0, 0.05) is 17.5 Å². The Balaban J connectivity index is 2.02. The van der Waals surface area contributed by atoms with Crippen molar-refractivity contribution >= 4 is 29.2 Å². The predicted octanol–water partition coefficient (Wildman–Crippen LogP) is 2.91. The minimum Gasteiger partial charge on any atom is -0.367 e. The van der Waals surface area contributed by atoms with Crippen molar-refractivity contribution in [3.8, 4) is 6.07 Å². The average molecular weight is 254 g/mol. The molecule has 5 heteroatoms. The van der Waals surface area contributed by atoms with Crippen LogP contribution in [0.15, 0.2) is 12.3 Å². The van der Waals surface area contributed by atoms with Crippen LogP contribution in [0.3, 0.4) is 0 Å². The summed E-state index contributed by atoms with van der Waals surface area (Å²) in [5.74, 6) is 0.668. The molecule has 16 heavy (non-hydrogen) atoms. The Hall–Kier alpha value is -0.920. The molecule has 0 atom stereocenters. The zero-order valence-electron chi connectivity index (χ0n) is 8.96. The molecule has 1 aromatic rings. The molecule has 3 nitrogen and oxygen atoms in total. The van der Waals surface area contributed by atoms with E-state index in [0.717, 1.165) is 6.54 Å². The third-order valence-corrected chi connectivity index (χ3v) is 4.50. The molecule has 0 radical (unpaired) electrons. The molecular formula is C11H12ClN3S. The molecule has 0 unspecified atom stereocenters. The minimum atomic E-state index is 0.374. The van der Waals surface area contributed by atoms with E-state index in [4.69, 9.17) is 16.9 Å². The summed E-state index contributed by atoms with van der Waals surface area (Å²) in [7, 11) is 0. The molecule has 0 spiro atoms. The maximum atomic E-state index is 8.69. The molecule has 0 bridgehead atoms. The second-order valence-electron chi connectivity index (χ2n) is 3.91. The first-order chi connectivity index (χ1) is 7.69. The summed E-state index contributed by atoms with van der Waals surface area (Å²) in [5.41, 5.74) is 0.488. The number of aromatic nitrogens is 1. The molecule has 1 aromatic heterocycles. The highest BCUT2D eigenvalue weighted by molar-refractivity contribution is 8.00. The van der Waals surface area contributed by atoms with Crippen LogP contribution in [0.5, 0.6) is 0 Å². The van der Waals surface area contributed by atoms with Crippen molar-refractivity contribution in [1.82, 2.24) is 4.98 Å². The van der Waals surface area contributed by atoms with Gasteiger partial charge in [0.2, 0.25) is 0 Å². The molecule has 0 saturated heterocycles. The van der Waals surface area contributed by atoms with Gasteiger partial charge < -0.3 is 5.32 Å². The van der Waals surface area contributed by atoms with E-state index in [1.165, 1.54) is 19.0 Å². The van der Waals surface area contributed by atoms with Gasteiger partial charge in [0.15, 0.2) is 0 Å². The Morgan fingerprint density at radius 3 is 2.94 bits per heavy atom. The predicted molar refractivity (Wildman–Crippen MR) is 67.9 cm³/mol. The Labute approximate surface area is 104 Å². The highest BCUT2D eigenvalue weighted by Gasteiger charge is 2.41. The Morgan fingerprint density at radius 1 is 1.69 bits per heavy atom. The molecule has 0 aromatic carbocycles. The molecule has 1 fully saturated rings. The van der Waals surface area contributed by atoms with Gasteiger partial charge in [-0.3, -0.25) is 0 Å². The van der Waals surface area contributed by atoms with Crippen LogP contribution in [0.2, 0.25) is 5.02 Å². The monoisotopic (exact) mass is 253 g/mol. The number of nitriles is 1. The number of hydrogen-bond acceptors (Lipinski definition) is 4. The summed E-state index contributed by atoms with van der Waals surface area (Å²) in [5, 5.41) is 12.4. The third-order valence-electron chi connectivity index (χ3n) is 2.79. The van der Waals surface area contributed by atoms with Crippen molar-refractivity contribution in [2.45, 2.75) is 17.6 Å². The van der Waals surface area contributed by atoms with E-state index >= 15 is 0 Å². The second-order valence-corrected chi connectivity index (χ2v) is 5.59. The Kier molecular flexibility index (Phi) is 3.27. The molecule has 0 aliphatic heterocycles. The SMILES string of the molecule is CSC1(CNc2ncc(C#N)cc2Cl)CC1. The topological polar surface area (TPSA) is 48.7 Å².